The largest absolute Gasteiger partial charge is 0.490 e. The Bertz CT molecular complexity index is 983. The number of carboxylic acid groups (broad SMARTS) is 2. The van der Waals surface area contributed by atoms with Crippen LogP contribution in [-0.2, 0) is 9.59 Å². The van der Waals surface area contributed by atoms with Gasteiger partial charge in [-0.3, -0.25) is 9.59 Å². The number of rotatable bonds is 9. The minimum atomic E-state index is -5.08. The van der Waals surface area contributed by atoms with Crippen molar-refractivity contribution in [2.45, 2.75) is 26.4 Å². The maximum atomic E-state index is 13.4. The van der Waals surface area contributed by atoms with E-state index in [1.807, 2.05) is 0 Å². The fraction of sp³-hybridized carbons (Fsp3) is 0.368. The summed E-state index contributed by atoms with van der Waals surface area (Å²) in [5.74, 6) is -2.77. The van der Waals surface area contributed by atoms with E-state index < -0.39 is 18.1 Å². The molecule has 182 valence electrons. The minimum absolute atomic E-state index is 0.135. The molecule has 0 saturated carbocycles. The van der Waals surface area contributed by atoms with Gasteiger partial charge >= 0.3 is 18.1 Å². The predicted octanol–water partition coefficient (Wildman–Crippen LogP) is 4.79. The van der Waals surface area contributed by atoms with Crippen LogP contribution in [0.1, 0.15) is 27.3 Å². The maximum absolute atomic E-state index is 13.4. The summed E-state index contributed by atoms with van der Waals surface area (Å²) >= 11 is 1.29. The number of carbonyl (C=O) groups excluding carboxylic acids is 1. The summed E-state index contributed by atoms with van der Waals surface area (Å²) in [5, 5.41) is 19.2. The first-order valence-electron chi connectivity index (χ1n) is 9.11. The molecule has 0 aliphatic heterocycles. The third-order valence-electron chi connectivity index (χ3n) is 3.60. The molecular formula is C19H20F4N2O5S3. The number of alkyl halides is 3. The zero-order valence-electron chi connectivity index (χ0n) is 17.4. The van der Waals surface area contributed by atoms with Gasteiger partial charge in [0, 0.05) is 23.6 Å². The average molecular weight is 529 g/mol. The van der Waals surface area contributed by atoms with Crippen molar-refractivity contribution in [3.63, 3.8) is 0 Å². The topological polar surface area (TPSA) is 117 Å². The zero-order chi connectivity index (χ0) is 25.2. The van der Waals surface area contributed by atoms with Gasteiger partial charge in [-0.2, -0.15) is 13.2 Å². The van der Waals surface area contributed by atoms with Crippen LogP contribution in [0.4, 0.5) is 17.6 Å². The highest BCUT2D eigenvalue weighted by atomic mass is 33.1. The van der Waals surface area contributed by atoms with Crippen LogP contribution in [-0.4, -0.2) is 57.3 Å². The third-order valence-corrected chi connectivity index (χ3v) is 7.22. The third kappa shape index (κ3) is 10.4. The van der Waals surface area contributed by atoms with Crippen LogP contribution in [0.3, 0.4) is 0 Å². The van der Waals surface area contributed by atoms with Gasteiger partial charge in [-0.05, 0) is 37.6 Å². The average Bonchev–Trinajstić information content (AvgIpc) is 3.10. The van der Waals surface area contributed by atoms with E-state index in [2.05, 4.69) is 10.3 Å². The van der Waals surface area contributed by atoms with Crippen molar-refractivity contribution < 1.29 is 42.2 Å². The molecule has 0 saturated heterocycles. The number of hydrogen-bond acceptors (Lipinski definition) is 7. The van der Waals surface area contributed by atoms with Crippen molar-refractivity contribution in [1.82, 2.24) is 10.3 Å². The molecule has 3 N–H and O–H groups in total. The number of halogens is 4. The molecule has 2 aromatic rings. The second-order valence-corrected chi connectivity index (χ2v) is 9.95. The summed E-state index contributed by atoms with van der Waals surface area (Å²) in [6, 6.07) is 4.79. The van der Waals surface area contributed by atoms with E-state index in [9.17, 15) is 27.2 Å². The number of aliphatic carboxylic acids is 2. The van der Waals surface area contributed by atoms with Gasteiger partial charge in [0.25, 0.3) is 5.91 Å². The van der Waals surface area contributed by atoms with Gasteiger partial charge in [0.15, 0.2) is 0 Å². The monoisotopic (exact) mass is 528 g/mol. The molecule has 1 heterocycles. The number of nitrogens with one attached hydrogen (secondary N) is 1. The van der Waals surface area contributed by atoms with Crippen molar-refractivity contribution >= 4 is 50.8 Å². The zero-order valence-corrected chi connectivity index (χ0v) is 19.8. The molecule has 0 radical (unpaired) electrons. The number of nitrogens with zero attached hydrogens (tertiary/aromatic N) is 1. The second kappa shape index (κ2) is 13.4. The molecule has 14 heteroatoms. The summed E-state index contributed by atoms with van der Waals surface area (Å²) < 4.78 is 45.1. The van der Waals surface area contributed by atoms with Crippen LogP contribution in [0, 0.1) is 19.7 Å². The highest BCUT2D eigenvalue weighted by molar-refractivity contribution is 8.76. The van der Waals surface area contributed by atoms with Gasteiger partial charge < -0.3 is 15.5 Å². The smallest absolute Gasteiger partial charge is 0.481 e. The molecule has 33 heavy (non-hydrogen) atoms. The fourth-order valence-corrected chi connectivity index (χ4v) is 4.91. The Morgan fingerprint density at radius 3 is 2.27 bits per heavy atom. The minimum Gasteiger partial charge on any atom is -0.481 e. The number of hydrogen-bond donors (Lipinski definition) is 3. The van der Waals surface area contributed by atoms with E-state index in [1.54, 1.807) is 26.0 Å². The SMILES string of the molecule is Cc1cc(-c2nc(C)c(C(=O)NCCSSCCC(=O)O)s2)ccc1F.O=C(O)C(F)(F)F. The van der Waals surface area contributed by atoms with Gasteiger partial charge in [-0.1, -0.05) is 21.6 Å². The van der Waals surface area contributed by atoms with Crippen molar-refractivity contribution in [3.05, 3.63) is 40.2 Å². The lowest BCUT2D eigenvalue weighted by molar-refractivity contribution is -0.192. The summed E-state index contributed by atoms with van der Waals surface area (Å²) in [5.41, 5.74) is 1.98. The lowest BCUT2D eigenvalue weighted by atomic mass is 10.1. The predicted molar refractivity (Wildman–Crippen MR) is 120 cm³/mol. The van der Waals surface area contributed by atoms with Crippen LogP contribution >= 0.6 is 32.9 Å². The number of amides is 1. The lowest BCUT2D eigenvalue weighted by Gasteiger charge is -2.03. The van der Waals surface area contributed by atoms with E-state index in [4.69, 9.17) is 15.0 Å². The van der Waals surface area contributed by atoms with E-state index in [1.165, 1.54) is 39.0 Å². The highest BCUT2D eigenvalue weighted by Gasteiger charge is 2.38. The number of carboxylic acids is 2. The normalized spacial score (nSPS) is 10.8. The molecule has 0 spiro atoms. The van der Waals surface area contributed by atoms with Crippen LogP contribution in [0.25, 0.3) is 10.6 Å². The first kappa shape index (κ1) is 28.7. The van der Waals surface area contributed by atoms with Crippen LogP contribution in [0.5, 0.6) is 0 Å². The summed E-state index contributed by atoms with van der Waals surface area (Å²) in [4.78, 5) is 36.6. The standard InChI is InChI=1S/C17H19FN2O3S3.C2HF3O2/c1-10-9-12(3-4-13(10)18)17-20-11(2)15(26-17)16(23)19-6-8-25-24-7-5-14(21)22;3-2(4,5)1(6)7/h3-4,9H,5-8H2,1-2H3,(H,19,23)(H,21,22);(H,6,7). The summed E-state index contributed by atoms with van der Waals surface area (Å²) in [7, 11) is 3.01. The van der Waals surface area contributed by atoms with Gasteiger partial charge in [-0.15, -0.1) is 11.3 Å². The molecule has 1 aromatic carbocycles. The summed E-state index contributed by atoms with van der Waals surface area (Å²) in [6.45, 7) is 3.97. The van der Waals surface area contributed by atoms with Gasteiger partial charge in [-0.25, -0.2) is 14.2 Å². The Morgan fingerprint density at radius 1 is 1.12 bits per heavy atom. The second-order valence-electron chi connectivity index (χ2n) is 6.24. The lowest BCUT2D eigenvalue weighted by Crippen LogP contribution is -2.25. The Hall–Kier alpha value is -2.32. The number of aromatic nitrogens is 1. The fourth-order valence-electron chi connectivity index (χ4n) is 2.04. The first-order chi connectivity index (χ1) is 15.3. The number of aryl methyl sites for hydroxylation is 2. The molecule has 2 rings (SSSR count). The van der Waals surface area contributed by atoms with E-state index in [-0.39, 0.29) is 18.1 Å². The molecule has 1 aromatic heterocycles. The van der Waals surface area contributed by atoms with Crippen LogP contribution in [0.15, 0.2) is 18.2 Å². The Labute approximate surface area is 198 Å². The van der Waals surface area contributed by atoms with E-state index >= 15 is 0 Å². The van der Waals surface area contributed by atoms with Gasteiger partial charge in [0.05, 0.1) is 12.1 Å². The number of benzene rings is 1. The Balaban J connectivity index is 0.000000675. The molecule has 0 bridgehead atoms. The number of thiazole rings is 1. The molecule has 1 amide bonds. The van der Waals surface area contributed by atoms with Crippen LogP contribution in [0.2, 0.25) is 0 Å². The van der Waals surface area contributed by atoms with Crippen LogP contribution < -0.4 is 5.32 Å². The van der Waals surface area contributed by atoms with Crippen molar-refractivity contribution in [2.24, 2.45) is 0 Å². The van der Waals surface area contributed by atoms with Crippen molar-refractivity contribution in [2.75, 3.05) is 18.1 Å². The van der Waals surface area contributed by atoms with Crippen molar-refractivity contribution in [3.8, 4) is 10.6 Å². The molecule has 0 aliphatic carbocycles. The molecule has 0 fully saturated rings. The van der Waals surface area contributed by atoms with Gasteiger partial charge in [0.1, 0.15) is 15.7 Å². The first-order valence-corrected chi connectivity index (χ1v) is 12.4. The Kier molecular flexibility index (Phi) is 11.7. The molecule has 0 atom stereocenters. The number of carbonyl (C=O) groups is 3. The van der Waals surface area contributed by atoms with E-state index in [0.717, 1.165) is 5.56 Å². The molecular weight excluding hydrogens is 508 g/mol. The maximum Gasteiger partial charge on any atom is 0.490 e. The summed E-state index contributed by atoms with van der Waals surface area (Å²) in [6.07, 6.45) is -4.95. The molecule has 0 unspecified atom stereocenters. The van der Waals surface area contributed by atoms with Crippen molar-refractivity contribution in [1.29, 1.82) is 0 Å². The van der Waals surface area contributed by atoms with Gasteiger partial charge in [0.2, 0.25) is 0 Å². The molecule has 0 aliphatic rings. The Morgan fingerprint density at radius 2 is 1.73 bits per heavy atom. The quantitative estimate of drug-likeness (QED) is 0.242. The molecule has 7 nitrogen and oxygen atoms in total. The highest BCUT2D eigenvalue weighted by Crippen LogP contribution is 2.29. The van der Waals surface area contributed by atoms with E-state index in [0.29, 0.717) is 39.2 Å².